The van der Waals surface area contributed by atoms with E-state index in [4.69, 9.17) is 0 Å². The molecule has 0 atom stereocenters. The normalized spacial score (nSPS) is 19.2. The minimum Gasteiger partial charge on any atom is -0.453 e. The summed E-state index contributed by atoms with van der Waals surface area (Å²) in [7, 11) is 1.41. The van der Waals surface area contributed by atoms with Crippen LogP contribution >= 0.6 is 0 Å². The molecule has 1 saturated heterocycles. The van der Waals surface area contributed by atoms with Gasteiger partial charge in [-0.15, -0.1) is 0 Å². The van der Waals surface area contributed by atoms with Gasteiger partial charge in [0.05, 0.1) is 7.11 Å². The van der Waals surface area contributed by atoms with Crippen molar-refractivity contribution in [3.63, 3.8) is 0 Å². The number of carbonyl (C=O) groups excluding carboxylic acids is 1. The number of hydrogen-bond donors (Lipinski definition) is 0. The van der Waals surface area contributed by atoms with E-state index in [1.165, 1.54) is 7.11 Å². The Morgan fingerprint density at radius 2 is 2.27 bits per heavy atom. The molecule has 0 aromatic carbocycles. The number of methoxy groups -OCH3 is 1. The van der Waals surface area contributed by atoms with E-state index in [0.717, 1.165) is 26.1 Å². The summed E-state index contributed by atoms with van der Waals surface area (Å²) >= 11 is 0. The van der Waals surface area contributed by atoms with E-state index < -0.39 is 0 Å². The summed E-state index contributed by atoms with van der Waals surface area (Å²) in [6.45, 7) is 3.09. The third-order valence-corrected chi connectivity index (χ3v) is 1.71. The van der Waals surface area contributed by atoms with E-state index in [1.807, 2.05) is 0 Å². The smallest absolute Gasteiger partial charge is 0.409 e. The Bertz CT molecular complexity index is 130. The van der Waals surface area contributed by atoms with Crippen LogP contribution in [-0.4, -0.2) is 44.3 Å². The molecule has 1 aliphatic heterocycles. The summed E-state index contributed by atoms with van der Waals surface area (Å²) in [5.41, 5.74) is 0. The van der Waals surface area contributed by atoms with E-state index in [9.17, 15) is 4.79 Å². The van der Waals surface area contributed by atoms with Crippen molar-refractivity contribution in [2.75, 3.05) is 33.3 Å². The molecule has 0 bridgehead atoms. The minimum atomic E-state index is -0.234. The fourth-order valence-electron chi connectivity index (χ4n) is 1.10. The summed E-state index contributed by atoms with van der Waals surface area (Å²) in [4.78, 5) is 12.7. The molecule has 1 aliphatic rings. The number of rotatable bonds is 0. The van der Waals surface area contributed by atoms with Crippen molar-refractivity contribution in [1.82, 2.24) is 10.2 Å². The van der Waals surface area contributed by atoms with Gasteiger partial charge in [0.25, 0.3) is 0 Å². The molecule has 0 unspecified atom stereocenters. The zero-order valence-electron chi connectivity index (χ0n) is 6.75. The van der Waals surface area contributed by atoms with Crippen molar-refractivity contribution in [3.8, 4) is 0 Å². The Morgan fingerprint density at radius 3 is 3.00 bits per heavy atom. The highest BCUT2D eigenvalue weighted by Crippen LogP contribution is 1.97. The molecule has 1 amide bonds. The second-order valence-corrected chi connectivity index (χ2v) is 2.48. The molecule has 0 aromatic rings. The average Bonchev–Trinajstić information content (AvgIpc) is 2.30. The number of nitrogens with zero attached hydrogens (tertiary/aromatic N) is 2. The van der Waals surface area contributed by atoms with Gasteiger partial charge in [0.1, 0.15) is 0 Å². The van der Waals surface area contributed by atoms with E-state index in [-0.39, 0.29) is 6.09 Å². The van der Waals surface area contributed by atoms with Crippen LogP contribution in [0, 0.1) is 0 Å². The molecule has 0 aliphatic carbocycles. The highest BCUT2D eigenvalue weighted by molar-refractivity contribution is 5.67. The van der Waals surface area contributed by atoms with E-state index >= 15 is 0 Å². The lowest BCUT2D eigenvalue weighted by Crippen LogP contribution is -2.33. The van der Waals surface area contributed by atoms with Crippen molar-refractivity contribution in [2.45, 2.75) is 6.42 Å². The van der Waals surface area contributed by atoms with Gasteiger partial charge in [0.15, 0.2) is 0 Å². The molecule has 0 aromatic heterocycles. The molecule has 4 heteroatoms. The highest BCUT2D eigenvalue weighted by Gasteiger charge is 2.14. The van der Waals surface area contributed by atoms with Crippen LogP contribution in [0.4, 0.5) is 4.79 Å². The molecule has 1 heterocycles. The molecule has 0 spiro atoms. The Labute approximate surface area is 66.5 Å². The van der Waals surface area contributed by atoms with Gasteiger partial charge in [-0.2, -0.15) is 0 Å². The molecule has 0 N–H and O–H groups in total. The predicted octanol–water partition coefficient (Wildman–Crippen LogP) is 0.0629. The average molecular weight is 157 g/mol. The van der Waals surface area contributed by atoms with Crippen molar-refractivity contribution < 1.29 is 9.53 Å². The van der Waals surface area contributed by atoms with Gasteiger partial charge in [-0.1, -0.05) is 0 Å². The summed E-state index contributed by atoms with van der Waals surface area (Å²) in [6.07, 6.45) is 0.719. The second kappa shape index (κ2) is 4.18. The first-order chi connectivity index (χ1) is 5.34. The third-order valence-electron chi connectivity index (χ3n) is 1.71. The van der Waals surface area contributed by atoms with Crippen LogP contribution in [0.1, 0.15) is 6.42 Å². The lowest BCUT2D eigenvalue weighted by Gasteiger charge is -2.17. The highest BCUT2D eigenvalue weighted by atomic mass is 16.5. The molecular formula is C7H13N2O2. The minimum absolute atomic E-state index is 0.234. The zero-order valence-corrected chi connectivity index (χ0v) is 6.75. The summed E-state index contributed by atoms with van der Waals surface area (Å²) in [6, 6.07) is 0. The molecule has 1 rings (SSSR count). The van der Waals surface area contributed by atoms with Gasteiger partial charge >= 0.3 is 6.09 Å². The second-order valence-electron chi connectivity index (χ2n) is 2.48. The van der Waals surface area contributed by atoms with E-state index in [2.05, 4.69) is 10.1 Å². The lowest BCUT2D eigenvalue weighted by molar-refractivity contribution is 0.126. The third kappa shape index (κ3) is 2.38. The lowest BCUT2D eigenvalue weighted by atomic mass is 10.4. The molecule has 63 valence electrons. The first-order valence-electron chi connectivity index (χ1n) is 3.81. The molecular weight excluding hydrogens is 144 g/mol. The summed E-state index contributed by atoms with van der Waals surface area (Å²) < 4.78 is 4.59. The van der Waals surface area contributed by atoms with Gasteiger partial charge in [0.2, 0.25) is 0 Å². The maximum Gasteiger partial charge on any atom is 0.409 e. The fourth-order valence-corrected chi connectivity index (χ4v) is 1.10. The summed E-state index contributed by atoms with van der Waals surface area (Å²) in [5, 5.41) is 4.19. The predicted molar refractivity (Wildman–Crippen MR) is 40.5 cm³/mol. The van der Waals surface area contributed by atoms with Crippen LogP contribution in [-0.2, 0) is 4.74 Å². The van der Waals surface area contributed by atoms with Crippen LogP contribution in [0.25, 0.3) is 0 Å². The first kappa shape index (κ1) is 8.33. The van der Waals surface area contributed by atoms with Gasteiger partial charge in [0, 0.05) is 26.2 Å². The zero-order chi connectivity index (χ0) is 8.10. The monoisotopic (exact) mass is 157 g/mol. The van der Waals surface area contributed by atoms with Crippen molar-refractivity contribution in [2.24, 2.45) is 0 Å². The van der Waals surface area contributed by atoms with E-state index in [0.29, 0.717) is 6.54 Å². The van der Waals surface area contributed by atoms with Crippen molar-refractivity contribution >= 4 is 6.09 Å². The number of amides is 1. The van der Waals surface area contributed by atoms with Crippen LogP contribution in [0.2, 0.25) is 0 Å². The van der Waals surface area contributed by atoms with Crippen molar-refractivity contribution in [1.29, 1.82) is 0 Å². The first-order valence-corrected chi connectivity index (χ1v) is 3.81. The molecule has 0 saturated carbocycles. The van der Waals surface area contributed by atoms with Crippen LogP contribution in [0.3, 0.4) is 0 Å². The number of carbonyl (C=O) groups is 1. The van der Waals surface area contributed by atoms with Crippen LogP contribution in [0.5, 0.6) is 0 Å². The number of hydrogen-bond acceptors (Lipinski definition) is 2. The number of ether oxygens (including phenoxy) is 1. The molecule has 1 fully saturated rings. The Balaban J connectivity index is 2.36. The van der Waals surface area contributed by atoms with Crippen LogP contribution in [0.15, 0.2) is 0 Å². The Hall–Kier alpha value is -0.770. The van der Waals surface area contributed by atoms with Gasteiger partial charge in [-0.05, 0) is 6.42 Å². The van der Waals surface area contributed by atoms with Crippen molar-refractivity contribution in [3.05, 3.63) is 0 Å². The van der Waals surface area contributed by atoms with E-state index in [1.54, 1.807) is 4.90 Å². The molecule has 11 heavy (non-hydrogen) atoms. The molecule has 1 radical (unpaired) electrons. The van der Waals surface area contributed by atoms with Gasteiger partial charge in [-0.25, -0.2) is 10.1 Å². The SMILES string of the molecule is COC(=O)N1CCC[N]CC1. The topological polar surface area (TPSA) is 43.6 Å². The standard InChI is InChI=1S/C7H13N2O2/c1-11-7(10)9-5-2-3-8-4-6-9/h2-6H2,1H3. The largest absolute Gasteiger partial charge is 0.453 e. The quantitative estimate of drug-likeness (QED) is 0.499. The molecule has 4 nitrogen and oxygen atoms in total. The fraction of sp³-hybridized carbons (Fsp3) is 0.857. The maximum atomic E-state index is 11.0. The summed E-state index contributed by atoms with van der Waals surface area (Å²) in [5.74, 6) is 0. The Kier molecular flexibility index (Phi) is 3.16. The van der Waals surface area contributed by atoms with Gasteiger partial charge < -0.3 is 9.64 Å². The Morgan fingerprint density at radius 1 is 1.45 bits per heavy atom. The van der Waals surface area contributed by atoms with Crippen LogP contribution < -0.4 is 5.32 Å². The maximum absolute atomic E-state index is 11.0. The van der Waals surface area contributed by atoms with Gasteiger partial charge in [-0.3, -0.25) is 0 Å².